The number of carbonyl (C=O) groups is 1. The summed E-state index contributed by atoms with van der Waals surface area (Å²) in [6.07, 6.45) is 5.85. The molecule has 33 heavy (non-hydrogen) atoms. The van der Waals surface area contributed by atoms with Crippen molar-refractivity contribution < 1.29 is 4.79 Å². The molecule has 0 bridgehead atoms. The summed E-state index contributed by atoms with van der Waals surface area (Å²) in [6.45, 7) is 2.00. The highest BCUT2D eigenvalue weighted by Gasteiger charge is 2.23. The molecule has 168 valence electrons. The number of aryl methyl sites for hydroxylation is 3. The smallest absolute Gasteiger partial charge is 0.267 e. The lowest BCUT2D eigenvalue weighted by Gasteiger charge is -2.13. The average Bonchev–Trinajstić information content (AvgIpc) is 3.41. The standard InChI is InChI=1S/C24H22N4O2S3/c1-15-11-12-31-19(15)13-25-27-20(29)14-32-24-26-22-21(17-9-5-6-10-18(17)33-22)23(30)28(24)16-7-3-2-4-8-16/h2-4,7-8,11-13H,5-6,9-10,14H2,1H3,(H,27,29)/b25-13+. The topological polar surface area (TPSA) is 76.3 Å². The van der Waals surface area contributed by atoms with E-state index >= 15 is 0 Å². The number of nitrogens with one attached hydrogen (secondary N) is 1. The molecule has 3 aromatic heterocycles. The van der Waals surface area contributed by atoms with E-state index in [1.54, 1.807) is 33.5 Å². The molecule has 0 spiro atoms. The van der Waals surface area contributed by atoms with Gasteiger partial charge in [-0.15, -0.1) is 22.7 Å². The minimum atomic E-state index is -0.245. The average molecular weight is 495 g/mol. The van der Waals surface area contributed by atoms with Crippen LogP contribution < -0.4 is 11.0 Å². The van der Waals surface area contributed by atoms with Crippen LogP contribution in [-0.4, -0.2) is 27.4 Å². The molecule has 5 rings (SSSR count). The second-order valence-corrected chi connectivity index (χ2v) is 10.8. The van der Waals surface area contributed by atoms with E-state index in [1.165, 1.54) is 16.6 Å². The second-order valence-electron chi connectivity index (χ2n) is 7.81. The largest absolute Gasteiger partial charge is 0.272 e. The van der Waals surface area contributed by atoms with Crippen LogP contribution in [0.5, 0.6) is 0 Å². The predicted octanol–water partition coefficient (Wildman–Crippen LogP) is 4.94. The lowest BCUT2D eigenvalue weighted by atomic mass is 9.97. The molecule has 1 aliphatic carbocycles. The summed E-state index contributed by atoms with van der Waals surface area (Å²) in [4.78, 5) is 34.0. The number of para-hydroxylation sites is 1. The molecule has 9 heteroatoms. The van der Waals surface area contributed by atoms with Gasteiger partial charge in [0.2, 0.25) is 0 Å². The molecule has 6 nitrogen and oxygen atoms in total. The van der Waals surface area contributed by atoms with Crippen molar-refractivity contribution in [3.63, 3.8) is 0 Å². The first-order valence-corrected chi connectivity index (χ1v) is 13.4. The number of carbonyl (C=O) groups excluding carboxylic acids is 1. The minimum Gasteiger partial charge on any atom is -0.272 e. The third-order valence-electron chi connectivity index (χ3n) is 5.58. The van der Waals surface area contributed by atoms with E-state index in [9.17, 15) is 9.59 Å². The number of nitrogens with zero attached hydrogens (tertiary/aromatic N) is 3. The fraction of sp³-hybridized carbons (Fsp3) is 0.250. The van der Waals surface area contributed by atoms with Crippen LogP contribution in [0, 0.1) is 6.92 Å². The van der Waals surface area contributed by atoms with Gasteiger partial charge in [-0.05, 0) is 67.3 Å². The van der Waals surface area contributed by atoms with Gasteiger partial charge in [-0.2, -0.15) is 5.10 Å². The van der Waals surface area contributed by atoms with Crippen LogP contribution in [-0.2, 0) is 17.6 Å². The van der Waals surface area contributed by atoms with Crippen molar-refractivity contribution in [2.75, 3.05) is 5.75 Å². The lowest BCUT2D eigenvalue weighted by molar-refractivity contribution is -0.118. The van der Waals surface area contributed by atoms with Crippen molar-refractivity contribution in [2.24, 2.45) is 5.10 Å². The summed E-state index contributed by atoms with van der Waals surface area (Å²) in [5, 5.41) is 7.31. The third kappa shape index (κ3) is 4.53. The summed E-state index contributed by atoms with van der Waals surface area (Å²) < 4.78 is 1.64. The zero-order valence-electron chi connectivity index (χ0n) is 18.0. The van der Waals surface area contributed by atoms with E-state index in [1.807, 2.05) is 48.7 Å². The fourth-order valence-corrected chi connectivity index (χ4v) is 6.82. The third-order valence-corrected chi connectivity index (χ3v) is 8.66. The minimum absolute atomic E-state index is 0.0558. The number of rotatable bonds is 6. The molecule has 3 heterocycles. The number of hydrogen-bond acceptors (Lipinski definition) is 7. The number of fused-ring (bicyclic) bond motifs is 3. The molecule has 0 atom stereocenters. The molecule has 1 aromatic carbocycles. The Kier molecular flexibility index (Phi) is 6.43. The molecule has 1 N–H and O–H groups in total. The highest BCUT2D eigenvalue weighted by Crippen LogP contribution is 2.35. The van der Waals surface area contributed by atoms with Crippen LogP contribution >= 0.6 is 34.4 Å². The Morgan fingerprint density at radius 3 is 2.85 bits per heavy atom. The Labute approximate surface area is 203 Å². The molecule has 0 radical (unpaired) electrons. The van der Waals surface area contributed by atoms with Crippen LogP contribution in [0.15, 0.2) is 56.8 Å². The van der Waals surface area contributed by atoms with Crippen molar-refractivity contribution in [2.45, 2.75) is 37.8 Å². The summed E-state index contributed by atoms with van der Waals surface area (Å²) in [7, 11) is 0. The van der Waals surface area contributed by atoms with Gasteiger partial charge in [0, 0.05) is 9.75 Å². The van der Waals surface area contributed by atoms with Crippen LogP contribution in [0.2, 0.25) is 0 Å². The number of hydrazone groups is 1. The highest BCUT2D eigenvalue weighted by molar-refractivity contribution is 7.99. The van der Waals surface area contributed by atoms with Crippen molar-refractivity contribution in [1.82, 2.24) is 15.0 Å². The first-order valence-electron chi connectivity index (χ1n) is 10.7. The van der Waals surface area contributed by atoms with Gasteiger partial charge in [0.15, 0.2) is 5.16 Å². The van der Waals surface area contributed by atoms with Gasteiger partial charge in [0.05, 0.1) is 23.0 Å². The first-order chi connectivity index (χ1) is 16.1. The maximum atomic E-state index is 13.7. The Morgan fingerprint density at radius 2 is 2.06 bits per heavy atom. The van der Waals surface area contributed by atoms with Gasteiger partial charge in [0.25, 0.3) is 11.5 Å². The fourth-order valence-electron chi connectivity index (χ4n) is 3.93. The Hall–Kier alpha value is -2.75. The molecule has 0 unspecified atom stereocenters. The maximum absolute atomic E-state index is 13.7. The van der Waals surface area contributed by atoms with Crippen molar-refractivity contribution in [3.8, 4) is 5.69 Å². The van der Waals surface area contributed by atoms with Gasteiger partial charge in [-0.3, -0.25) is 14.2 Å². The molecular weight excluding hydrogens is 472 g/mol. The first kappa shape index (κ1) is 22.1. The van der Waals surface area contributed by atoms with E-state index in [2.05, 4.69) is 10.5 Å². The van der Waals surface area contributed by atoms with Gasteiger partial charge in [-0.25, -0.2) is 10.4 Å². The second kappa shape index (κ2) is 9.62. The molecule has 0 saturated carbocycles. The van der Waals surface area contributed by atoms with Crippen molar-refractivity contribution in [3.05, 3.63) is 73.0 Å². The van der Waals surface area contributed by atoms with Crippen LogP contribution in [0.4, 0.5) is 0 Å². The van der Waals surface area contributed by atoms with E-state index in [4.69, 9.17) is 4.98 Å². The van der Waals surface area contributed by atoms with Crippen LogP contribution in [0.1, 0.15) is 33.7 Å². The molecule has 0 fully saturated rings. The maximum Gasteiger partial charge on any atom is 0.267 e. The van der Waals surface area contributed by atoms with E-state index in [-0.39, 0.29) is 17.2 Å². The Balaban J connectivity index is 1.44. The molecule has 1 aliphatic rings. The summed E-state index contributed by atoms with van der Waals surface area (Å²) in [5.74, 6) is -0.138. The van der Waals surface area contributed by atoms with Crippen molar-refractivity contribution >= 4 is 56.8 Å². The number of hydrogen-bond donors (Lipinski definition) is 1. The summed E-state index contributed by atoms with van der Waals surface area (Å²) in [5.41, 5.74) is 5.55. The number of thioether (sulfide) groups is 1. The molecule has 0 saturated heterocycles. The summed E-state index contributed by atoms with van der Waals surface area (Å²) >= 11 is 4.44. The van der Waals surface area contributed by atoms with Gasteiger partial charge < -0.3 is 0 Å². The zero-order valence-corrected chi connectivity index (χ0v) is 20.5. The van der Waals surface area contributed by atoms with Crippen molar-refractivity contribution in [1.29, 1.82) is 0 Å². The van der Waals surface area contributed by atoms with Gasteiger partial charge in [-0.1, -0.05) is 30.0 Å². The SMILES string of the molecule is Cc1ccsc1/C=N/NC(=O)CSc1nc2sc3c(c2c(=O)n1-c1ccccc1)CCCC3. The summed E-state index contributed by atoms with van der Waals surface area (Å²) in [6, 6.07) is 11.5. The quantitative estimate of drug-likeness (QED) is 0.178. The zero-order chi connectivity index (χ0) is 22.8. The predicted molar refractivity (Wildman–Crippen MR) is 137 cm³/mol. The number of amides is 1. The Morgan fingerprint density at radius 1 is 1.24 bits per heavy atom. The number of benzene rings is 1. The van der Waals surface area contributed by atoms with E-state index < -0.39 is 0 Å². The van der Waals surface area contributed by atoms with E-state index in [0.29, 0.717) is 5.16 Å². The molecule has 4 aromatic rings. The Bertz CT molecular complexity index is 1400. The monoisotopic (exact) mass is 494 g/mol. The number of aromatic nitrogens is 2. The lowest BCUT2D eigenvalue weighted by Crippen LogP contribution is -2.24. The van der Waals surface area contributed by atoms with Crippen LogP contribution in [0.25, 0.3) is 15.9 Å². The normalized spacial score (nSPS) is 13.5. The highest BCUT2D eigenvalue weighted by atomic mass is 32.2. The molecule has 0 aliphatic heterocycles. The number of thiophene rings is 2. The van der Waals surface area contributed by atoms with Crippen LogP contribution in [0.3, 0.4) is 0 Å². The van der Waals surface area contributed by atoms with E-state index in [0.717, 1.165) is 57.6 Å². The molecule has 1 amide bonds. The van der Waals surface area contributed by atoms with Gasteiger partial charge >= 0.3 is 0 Å². The van der Waals surface area contributed by atoms with Gasteiger partial charge in [0.1, 0.15) is 4.83 Å². The molecular formula is C24H22N4O2S3.